The van der Waals surface area contributed by atoms with Gasteiger partial charge in [-0.3, -0.25) is 9.89 Å². The number of carbonyl (C=O) groups is 1. The van der Waals surface area contributed by atoms with Gasteiger partial charge in [0.05, 0.1) is 0 Å². The molecule has 0 atom stereocenters. The van der Waals surface area contributed by atoms with Crippen LogP contribution in [0.1, 0.15) is 40.2 Å². The Morgan fingerprint density at radius 1 is 1.22 bits per heavy atom. The molecule has 0 aliphatic heterocycles. The number of amides is 1. The number of aryl methyl sites for hydroxylation is 1. The molecule has 5 heteroatoms. The lowest BCUT2D eigenvalue weighted by molar-refractivity contribution is 0.0948. The molecule has 0 saturated heterocycles. The molecule has 0 radical (unpaired) electrons. The number of nitrogens with one attached hydrogen (secondary N) is 3. The standard InChI is InChI=1S/C18H20N4O/c23-18(17-14-6-2-4-8-16(14)21-22-17)19-10-9-12-11-20-15-7-3-1-5-13(12)15/h1,3,5,7,11,20H,2,4,6,8-10H2,(H,19,23)(H,21,22). The van der Waals surface area contributed by atoms with E-state index in [-0.39, 0.29) is 5.91 Å². The van der Waals surface area contributed by atoms with Gasteiger partial charge in [0.15, 0.2) is 5.69 Å². The zero-order valence-corrected chi connectivity index (χ0v) is 13.0. The van der Waals surface area contributed by atoms with Crippen molar-refractivity contribution in [1.82, 2.24) is 20.5 Å². The number of para-hydroxylation sites is 1. The fraction of sp³-hybridized carbons (Fsp3) is 0.333. The van der Waals surface area contributed by atoms with Gasteiger partial charge in [-0.2, -0.15) is 5.10 Å². The van der Waals surface area contributed by atoms with Gasteiger partial charge >= 0.3 is 0 Å². The van der Waals surface area contributed by atoms with Crippen molar-refractivity contribution in [2.24, 2.45) is 0 Å². The highest BCUT2D eigenvalue weighted by Gasteiger charge is 2.21. The van der Waals surface area contributed by atoms with Gasteiger partial charge in [0.25, 0.3) is 5.91 Å². The highest BCUT2D eigenvalue weighted by atomic mass is 16.1. The van der Waals surface area contributed by atoms with Crippen LogP contribution in [-0.2, 0) is 19.3 Å². The normalized spacial score (nSPS) is 13.9. The second-order valence-electron chi connectivity index (χ2n) is 6.10. The molecule has 0 spiro atoms. The van der Waals surface area contributed by atoms with Gasteiger partial charge in [-0.05, 0) is 43.7 Å². The van der Waals surface area contributed by atoms with Crippen molar-refractivity contribution < 1.29 is 4.79 Å². The minimum atomic E-state index is -0.0655. The number of H-pyrrole nitrogens is 2. The van der Waals surface area contributed by atoms with Gasteiger partial charge < -0.3 is 10.3 Å². The highest BCUT2D eigenvalue weighted by Crippen LogP contribution is 2.22. The summed E-state index contributed by atoms with van der Waals surface area (Å²) in [5.74, 6) is -0.0655. The van der Waals surface area contributed by atoms with E-state index in [1.165, 1.54) is 17.4 Å². The van der Waals surface area contributed by atoms with Crippen molar-refractivity contribution in [2.45, 2.75) is 32.1 Å². The Labute approximate surface area is 134 Å². The molecule has 3 aromatic rings. The smallest absolute Gasteiger partial charge is 0.272 e. The molecule has 118 valence electrons. The van der Waals surface area contributed by atoms with Crippen molar-refractivity contribution in [2.75, 3.05) is 6.54 Å². The van der Waals surface area contributed by atoms with E-state index >= 15 is 0 Å². The highest BCUT2D eigenvalue weighted by molar-refractivity contribution is 5.94. The van der Waals surface area contributed by atoms with Crippen molar-refractivity contribution >= 4 is 16.8 Å². The maximum atomic E-state index is 12.4. The van der Waals surface area contributed by atoms with Gasteiger partial charge in [0, 0.05) is 34.9 Å². The Balaban J connectivity index is 1.41. The molecule has 0 unspecified atom stereocenters. The topological polar surface area (TPSA) is 73.6 Å². The molecule has 5 nitrogen and oxygen atoms in total. The van der Waals surface area contributed by atoms with Gasteiger partial charge in [-0.15, -0.1) is 0 Å². The lowest BCUT2D eigenvalue weighted by atomic mass is 9.96. The molecule has 1 aromatic carbocycles. The summed E-state index contributed by atoms with van der Waals surface area (Å²) >= 11 is 0. The summed E-state index contributed by atoms with van der Waals surface area (Å²) < 4.78 is 0. The number of aromatic amines is 2. The largest absolute Gasteiger partial charge is 0.361 e. The Bertz CT molecular complexity index is 846. The SMILES string of the molecule is O=C(NCCc1c[nH]c2ccccc12)c1n[nH]c2c1CCCC2. The molecule has 1 aliphatic carbocycles. The van der Waals surface area contributed by atoms with Crippen LogP contribution in [0.4, 0.5) is 0 Å². The average molecular weight is 308 g/mol. The Morgan fingerprint density at radius 3 is 3.04 bits per heavy atom. The second kappa shape index (κ2) is 5.91. The van der Waals surface area contributed by atoms with E-state index in [2.05, 4.69) is 32.6 Å². The van der Waals surface area contributed by atoms with Gasteiger partial charge in [0.2, 0.25) is 0 Å². The van der Waals surface area contributed by atoms with Crippen LogP contribution < -0.4 is 5.32 Å². The van der Waals surface area contributed by atoms with Crippen molar-refractivity contribution in [1.29, 1.82) is 0 Å². The molecule has 0 saturated carbocycles. The number of nitrogens with zero attached hydrogens (tertiary/aromatic N) is 1. The third-order valence-corrected chi connectivity index (χ3v) is 4.63. The molecule has 4 rings (SSSR count). The molecular formula is C18H20N4O. The summed E-state index contributed by atoms with van der Waals surface area (Å²) in [5, 5.41) is 11.5. The quantitative estimate of drug-likeness (QED) is 0.693. The number of rotatable bonds is 4. The fourth-order valence-electron chi connectivity index (χ4n) is 3.40. The van der Waals surface area contributed by atoms with Crippen LogP contribution in [0.3, 0.4) is 0 Å². The minimum Gasteiger partial charge on any atom is -0.361 e. The third-order valence-electron chi connectivity index (χ3n) is 4.63. The van der Waals surface area contributed by atoms with Crippen LogP contribution in [0.15, 0.2) is 30.5 Å². The van der Waals surface area contributed by atoms with E-state index < -0.39 is 0 Å². The molecule has 0 fully saturated rings. The van der Waals surface area contributed by atoms with E-state index in [4.69, 9.17) is 0 Å². The Kier molecular flexibility index (Phi) is 3.61. The number of aromatic nitrogens is 3. The van der Waals surface area contributed by atoms with Crippen LogP contribution in [0.5, 0.6) is 0 Å². The maximum absolute atomic E-state index is 12.4. The monoisotopic (exact) mass is 308 g/mol. The minimum absolute atomic E-state index is 0.0655. The Hall–Kier alpha value is -2.56. The third kappa shape index (κ3) is 2.63. The summed E-state index contributed by atoms with van der Waals surface area (Å²) in [6.45, 7) is 0.613. The maximum Gasteiger partial charge on any atom is 0.272 e. The number of hydrogen-bond acceptors (Lipinski definition) is 2. The lowest BCUT2D eigenvalue weighted by Crippen LogP contribution is -2.27. The van der Waals surface area contributed by atoms with Crippen molar-refractivity contribution in [3.63, 3.8) is 0 Å². The van der Waals surface area contributed by atoms with Crippen molar-refractivity contribution in [3.8, 4) is 0 Å². The molecule has 0 bridgehead atoms. The van der Waals surface area contributed by atoms with Gasteiger partial charge in [-0.25, -0.2) is 0 Å². The van der Waals surface area contributed by atoms with Crippen LogP contribution in [0, 0.1) is 0 Å². The summed E-state index contributed by atoms with van der Waals surface area (Å²) in [7, 11) is 0. The van der Waals surface area contributed by atoms with Crippen molar-refractivity contribution in [3.05, 3.63) is 53.0 Å². The van der Waals surface area contributed by atoms with E-state index in [9.17, 15) is 4.79 Å². The average Bonchev–Trinajstić information content (AvgIpc) is 3.19. The first-order valence-electron chi connectivity index (χ1n) is 8.22. The first-order valence-corrected chi connectivity index (χ1v) is 8.22. The first kappa shape index (κ1) is 14.1. The van der Waals surface area contributed by atoms with E-state index in [0.717, 1.165) is 42.5 Å². The summed E-state index contributed by atoms with van der Waals surface area (Å²) in [6.07, 6.45) is 7.11. The second-order valence-corrected chi connectivity index (χ2v) is 6.10. The van der Waals surface area contributed by atoms with Crippen LogP contribution >= 0.6 is 0 Å². The fourth-order valence-corrected chi connectivity index (χ4v) is 3.40. The van der Waals surface area contributed by atoms with E-state index in [1.807, 2.05) is 18.3 Å². The summed E-state index contributed by atoms with van der Waals surface area (Å²) in [6, 6.07) is 8.22. The summed E-state index contributed by atoms with van der Waals surface area (Å²) in [5.41, 5.74) is 5.19. The van der Waals surface area contributed by atoms with E-state index in [0.29, 0.717) is 12.2 Å². The molecule has 2 heterocycles. The van der Waals surface area contributed by atoms with Crippen LogP contribution in [0.25, 0.3) is 10.9 Å². The zero-order valence-electron chi connectivity index (χ0n) is 13.0. The number of hydrogen-bond donors (Lipinski definition) is 3. The molecule has 1 aliphatic rings. The van der Waals surface area contributed by atoms with Gasteiger partial charge in [0.1, 0.15) is 0 Å². The number of carbonyl (C=O) groups excluding carboxylic acids is 1. The molecular weight excluding hydrogens is 288 g/mol. The predicted octanol–water partition coefficient (Wildman–Crippen LogP) is 2.74. The molecule has 23 heavy (non-hydrogen) atoms. The van der Waals surface area contributed by atoms with Gasteiger partial charge in [-0.1, -0.05) is 18.2 Å². The molecule has 1 amide bonds. The number of benzene rings is 1. The first-order chi connectivity index (χ1) is 11.3. The van der Waals surface area contributed by atoms with Crippen LogP contribution in [-0.4, -0.2) is 27.6 Å². The predicted molar refractivity (Wildman–Crippen MR) is 89.6 cm³/mol. The van der Waals surface area contributed by atoms with Crippen LogP contribution in [0.2, 0.25) is 0 Å². The Morgan fingerprint density at radius 2 is 2.09 bits per heavy atom. The number of fused-ring (bicyclic) bond motifs is 2. The van der Waals surface area contributed by atoms with E-state index in [1.54, 1.807) is 0 Å². The molecule has 2 aromatic heterocycles. The molecule has 3 N–H and O–H groups in total. The lowest BCUT2D eigenvalue weighted by Gasteiger charge is -2.11. The zero-order chi connectivity index (χ0) is 15.6. The summed E-state index contributed by atoms with van der Waals surface area (Å²) in [4.78, 5) is 15.6.